The van der Waals surface area contributed by atoms with Crippen molar-refractivity contribution in [2.24, 2.45) is 0 Å². The van der Waals surface area contributed by atoms with Crippen LogP contribution in [0.25, 0.3) is 27.7 Å². The molecular formula is C65H79Cl2N11O6. The molecule has 19 heteroatoms. The Morgan fingerprint density at radius 1 is 0.607 bits per heavy atom. The second-order valence-corrected chi connectivity index (χ2v) is 24.6. The molecule has 17 nitrogen and oxygen atoms in total. The van der Waals surface area contributed by atoms with Crippen LogP contribution in [-0.4, -0.2) is 83.3 Å². The largest absolute Gasteiger partial charge is 0.444 e. The number of hydrogen-bond donors (Lipinski definition) is 7. The van der Waals surface area contributed by atoms with Crippen LogP contribution < -0.4 is 31.9 Å². The summed E-state index contributed by atoms with van der Waals surface area (Å²) in [5.41, 5.74) is 6.93. The number of aromatic nitrogens is 5. The van der Waals surface area contributed by atoms with Crippen LogP contribution in [0.1, 0.15) is 159 Å². The van der Waals surface area contributed by atoms with Crippen molar-refractivity contribution in [1.82, 2.24) is 35.6 Å². The fourth-order valence-corrected chi connectivity index (χ4v) is 11.2. The van der Waals surface area contributed by atoms with Gasteiger partial charge in [-0.25, -0.2) is 29.5 Å². The summed E-state index contributed by atoms with van der Waals surface area (Å²) >= 11 is 13.0. The summed E-state index contributed by atoms with van der Waals surface area (Å²) in [6, 6.07) is 30.0. The van der Waals surface area contributed by atoms with Gasteiger partial charge in [0.15, 0.2) is 0 Å². The normalized spacial score (nSPS) is 19.0. The molecule has 7 N–H and O–H groups in total. The maximum atomic E-state index is 13.1. The van der Waals surface area contributed by atoms with E-state index in [1.165, 1.54) is 5.56 Å². The number of carbonyl (C=O) groups is 4. The fraction of sp³-hybridized carbons (Fsp3) is 0.385. The van der Waals surface area contributed by atoms with E-state index in [4.69, 9.17) is 42.6 Å². The molecule has 4 amide bonds. The van der Waals surface area contributed by atoms with Crippen LogP contribution in [-0.2, 0) is 15.9 Å². The molecule has 10 rings (SSSR count). The van der Waals surface area contributed by atoms with E-state index in [-0.39, 0.29) is 38.8 Å². The Morgan fingerprint density at radius 3 is 1.58 bits per heavy atom. The number of anilines is 4. The van der Waals surface area contributed by atoms with Crippen LogP contribution in [0.3, 0.4) is 0 Å². The first-order chi connectivity index (χ1) is 39.0. The minimum atomic E-state index is -0.592. The highest BCUT2D eigenvalue weighted by molar-refractivity contribution is 6.33. The summed E-state index contributed by atoms with van der Waals surface area (Å²) in [5.74, 6) is 0.710. The average molecular weight is 1180 g/mol. The second kappa shape index (κ2) is 26.7. The van der Waals surface area contributed by atoms with Crippen LogP contribution in [0, 0.1) is 0 Å². The number of aromatic amines is 1. The van der Waals surface area contributed by atoms with Gasteiger partial charge in [-0.1, -0.05) is 86.6 Å². The first-order valence-corrected chi connectivity index (χ1v) is 28.5. The molecule has 0 bridgehead atoms. The van der Waals surface area contributed by atoms with Crippen LogP contribution >= 0.6 is 23.2 Å². The van der Waals surface area contributed by atoms with Crippen molar-refractivity contribution >= 4 is 87.0 Å². The lowest BCUT2D eigenvalue weighted by atomic mass is 9.80. The van der Waals surface area contributed by atoms with E-state index in [2.05, 4.69) is 78.9 Å². The fourth-order valence-electron chi connectivity index (χ4n) is 10.8. The highest BCUT2D eigenvalue weighted by atomic mass is 35.5. The van der Waals surface area contributed by atoms with E-state index in [1.54, 1.807) is 102 Å². The third-order valence-electron chi connectivity index (χ3n) is 14.5. The molecule has 0 radical (unpaired) electrons. The van der Waals surface area contributed by atoms with Crippen molar-refractivity contribution in [3.05, 3.63) is 160 Å². The molecule has 84 heavy (non-hydrogen) atoms. The van der Waals surface area contributed by atoms with E-state index in [1.807, 2.05) is 42.6 Å². The highest BCUT2D eigenvalue weighted by Gasteiger charge is 2.36. The minimum absolute atomic E-state index is 0. The zero-order chi connectivity index (χ0) is 58.4. The number of halogens is 2. The van der Waals surface area contributed by atoms with E-state index < -0.39 is 34.5 Å². The van der Waals surface area contributed by atoms with E-state index in [9.17, 15) is 19.2 Å². The van der Waals surface area contributed by atoms with Crippen LogP contribution in [0.5, 0.6) is 0 Å². The topological polar surface area (TPSA) is 226 Å². The molecule has 2 saturated carbocycles. The number of hydrogen-bond acceptors (Lipinski definition) is 12. The summed E-state index contributed by atoms with van der Waals surface area (Å²) in [4.78, 5) is 72.1. The predicted octanol–water partition coefficient (Wildman–Crippen LogP) is 15.4. The van der Waals surface area contributed by atoms with Gasteiger partial charge in [0, 0.05) is 73.9 Å². The number of H-pyrrole nitrogens is 1. The molecule has 0 unspecified atom stereocenters. The predicted molar refractivity (Wildman–Crippen MR) is 338 cm³/mol. The Hall–Kier alpha value is -8.02. The minimum Gasteiger partial charge on any atom is -0.444 e. The Morgan fingerprint density at radius 2 is 1.07 bits per heavy atom. The summed E-state index contributed by atoms with van der Waals surface area (Å²) in [6.07, 6.45) is 14.1. The molecule has 7 aromatic rings. The van der Waals surface area contributed by atoms with Crippen molar-refractivity contribution in [2.45, 2.75) is 162 Å². The lowest BCUT2D eigenvalue weighted by Crippen LogP contribution is -2.51. The van der Waals surface area contributed by atoms with Crippen molar-refractivity contribution in [2.75, 3.05) is 21.3 Å². The standard InChI is InChI=1S/C32H36ClN5O3.C31H35ClN6O3.2CH4/c1-31(2,3)41-30(40)36-22-14-11-21(12-15-22)28(39)38-32(4)17-7-9-23(18-32)35-29-34-19-26(33)27(37-29)25-16-13-20-8-5-6-10-24(20)25;1-30(2,3)41-29(40)36-20-13-11-19(12-14-20)27(39)38-31(4)15-7-8-21(16-31)35-28-34-18-24(32)26(37-28)23-17-33-25-10-6-5-9-22(23)25;;/h5-6,8,10-12,14-16,19,23H,7,9,13,17-18H2,1-4H3,(H,36,40)(H,38,39)(H,34,35,37);5-6,9-14,17-18,21,33H,7-8,15-16H2,1-4H3,(H,36,40)(H,38,39)(H,34,35,37);2*1H4/t23-,32+;21-,31+;;/m11../s1. The van der Waals surface area contributed by atoms with Gasteiger partial charge >= 0.3 is 12.2 Å². The van der Waals surface area contributed by atoms with Gasteiger partial charge in [-0.2, -0.15) is 0 Å². The number of allylic oxidation sites excluding steroid dienone is 1. The Labute approximate surface area is 503 Å². The SMILES string of the molecule is C.C.CC(C)(C)OC(=O)Nc1ccc(C(=O)N[C@@]2(C)CCC[C@@H](Nc3ncc(Cl)c(-c4c[nH]c5ccccc45)n3)C2)cc1.CC(C)(C)OC(=O)Nc1ccc(C(=O)N[C@@]2(C)CCC[C@@H](Nc3ncc(Cl)c(C4=CCc5ccccc54)n3)C2)cc1. The summed E-state index contributed by atoms with van der Waals surface area (Å²) in [6.45, 7) is 15.0. The molecule has 0 aliphatic heterocycles. The van der Waals surface area contributed by atoms with Crippen molar-refractivity contribution < 1.29 is 28.7 Å². The summed E-state index contributed by atoms with van der Waals surface area (Å²) in [5, 5.41) is 20.8. The monoisotopic (exact) mass is 1180 g/mol. The summed E-state index contributed by atoms with van der Waals surface area (Å²) in [7, 11) is 0. The van der Waals surface area contributed by atoms with Gasteiger partial charge in [0.1, 0.15) is 11.2 Å². The molecule has 0 spiro atoms. The van der Waals surface area contributed by atoms with Crippen LogP contribution in [0.2, 0.25) is 10.0 Å². The van der Waals surface area contributed by atoms with Gasteiger partial charge in [-0.15, -0.1) is 0 Å². The number of rotatable bonds is 12. The van der Waals surface area contributed by atoms with Crippen molar-refractivity contribution in [3.63, 3.8) is 0 Å². The average Bonchev–Trinajstić information content (AvgIpc) is 2.70. The molecule has 0 saturated heterocycles. The second-order valence-electron chi connectivity index (χ2n) is 23.8. The molecular weight excluding hydrogens is 1100 g/mol. The number of nitrogens with one attached hydrogen (secondary N) is 7. The zero-order valence-electron chi connectivity index (χ0n) is 47.6. The maximum Gasteiger partial charge on any atom is 0.412 e. The smallest absolute Gasteiger partial charge is 0.412 e. The third-order valence-corrected chi connectivity index (χ3v) is 15.0. The Kier molecular flexibility index (Phi) is 20.2. The first-order valence-electron chi connectivity index (χ1n) is 27.7. The molecule has 3 aromatic heterocycles. The van der Waals surface area contributed by atoms with E-state index in [0.29, 0.717) is 56.6 Å². The number of ether oxygens (including phenoxy) is 2. The van der Waals surface area contributed by atoms with Gasteiger partial charge in [0.25, 0.3) is 11.8 Å². The molecule has 444 valence electrons. The van der Waals surface area contributed by atoms with E-state index >= 15 is 0 Å². The number of fused-ring (bicyclic) bond motifs is 2. The number of para-hydroxylation sites is 1. The lowest BCUT2D eigenvalue weighted by Gasteiger charge is -2.39. The number of amides is 4. The lowest BCUT2D eigenvalue weighted by molar-refractivity contribution is 0.0624. The van der Waals surface area contributed by atoms with Crippen molar-refractivity contribution in [3.8, 4) is 11.3 Å². The van der Waals surface area contributed by atoms with Gasteiger partial charge in [-0.3, -0.25) is 20.2 Å². The quantitative estimate of drug-likeness (QED) is 0.0607. The van der Waals surface area contributed by atoms with Gasteiger partial charge in [0.2, 0.25) is 11.9 Å². The maximum absolute atomic E-state index is 13.1. The summed E-state index contributed by atoms with van der Waals surface area (Å²) < 4.78 is 10.6. The molecule has 4 aromatic carbocycles. The number of nitrogens with zero attached hydrogens (tertiary/aromatic N) is 4. The third kappa shape index (κ3) is 16.6. The number of benzene rings is 4. The Bertz CT molecular complexity index is 3500. The Balaban J connectivity index is 0.000000235. The number of carbonyl (C=O) groups excluding carboxylic acids is 4. The van der Waals surface area contributed by atoms with Crippen molar-refractivity contribution in [1.29, 1.82) is 0 Å². The van der Waals surface area contributed by atoms with Crippen LogP contribution in [0.4, 0.5) is 32.9 Å². The zero-order valence-corrected chi connectivity index (χ0v) is 49.1. The molecule has 2 fully saturated rings. The van der Waals surface area contributed by atoms with Gasteiger partial charge in [-0.05, 0) is 179 Å². The molecule has 3 aliphatic rings. The highest BCUT2D eigenvalue weighted by Crippen LogP contribution is 2.37. The molecule has 4 atom stereocenters. The van der Waals surface area contributed by atoms with Crippen LogP contribution in [0.15, 0.2) is 122 Å². The molecule has 3 heterocycles. The van der Waals surface area contributed by atoms with E-state index in [0.717, 1.165) is 84.7 Å². The van der Waals surface area contributed by atoms with Gasteiger partial charge in [0.05, 0.1) is 33.8 Å². The van der Waals surface area contributed by atoms with Gasteiger partial charge < -0.3 is 35.7 Å². The first kappa shape index (κ1) is 63.6. The molecule has 3 aliphatic carbocycles.